The highest BCUT2D eigenvalue weighted by atomic mass is 19.3. The third kappa shape index (κ3) is 6.66. The lowest BCUT2D eigenvalue weighted by Crippen LogP contribution is -2.23. The first-order chi connectivity index (χ1) is 16.7. The van der Waals surface area contributed by atoms with Gasteiger partial charge in [-0.1, -0.05) is 97.7 Å². The molecule has 0 saturated heterocycles. The van der Waals surface area contributed by atoms with E-state index in [1.165, 1.54) is 49.1 Å². The molecule has 0 amide bonds. The van der Waals surface area contributed by atoms with Crippen LogP contribution in [0.1, 0.15) is 90.0 Å². The Balaban J connectivity index is 1.84. The molecule has 0 fully saturated rings. The van der Waals surface area contributed by atoms with Gasteiger partial charge >= 0.3 is 6.11 Å². The molecule has 3 rings (SSSR count). The summed E-state index contributed by atoms with van der Waals surface area (Å²) in [5.74, 6) is 0.168. The van der Waals surface area contributed by atoms with E-state index in [1.807, 2.05) is 53.7 Å². The molecule has 0 aromatic heterocycles. The predicted octanol–water partition coefficient (Wildman–Crippen LogP) is 9.52. The molecule has 0 aliphatic carbocycles. The van der Waals surface area contributed by atoms with Crippen LogP contribution in [0.5, 0.6) is 11.5 Å². The topological polar surface area (TPSA) is 29.5 Å². The molecule has 0 radical (unpaired) electrons. The van der Waals surface area contributed by atoms with Crippen molar-refractivity contribution < 1.29 is 18.6 Å². The van der Waals surface area contributed by atoms with Crippen molar-refractivity contribution in [3.8, 4) is 22.6 Å². The fourth-order valence-electron chi connectivity index (χ4n) is 4.32. The van der Waals surface area contributed by atoms with Gasteiger partial charge in [-0.05, 0) is 64.6 Å². The lowest BCUT2D eigenvalue weighted by atomic mass is 9.79. The van der Waals surface area contributed by atoms with Crippen LogP contribution in [0.2, 0.25) is 0 Å². The van der Waals surface area contributed by atoms with Gasteiger partial charge in [0.05, 0.1) is 5.56 Å². The van der Waals surface area contributed by atoms with Crippen LogP contribution in [0.15, 0.2) is 60.7 Å². The van der Waals surface area contributed by atoms with E-state index >= 15 is 8.78 Å². The summed E-state index contributed by atoms with van der Waals surface area (Å²) in [6.45, 7) is 13.8. The van der Waals surface area contributed by atoms with Crippen LogP contribution < -0.4 is 4.74 Å². The van der Waals surface area contributed by atoms with Gasteiger partial charge in [-0.15, -0.1) is 0 Å². The maximum atomic E-state index is 15.2. The highest BCUT2D eigenvalue weighted by molar-refractivity contribution is 5.64. The molecule has 0 spiro atoms. The van der Waals surface area contributed by atoms with Crippen LogP contribution in [0.3, 0.4) is 0 Å². The van der Waals surface area contributed by atoms with Gasteiger partial charge in [-0.3, -0.25) is 0 Å². The molecule has 0 atom stereocenters. The smallest absolute Gasteiger partial charge is 0.426 e. The summed E-state index contributed by atoms with van der Waals surface area (Å²) in [5, 5.41) is 10.9. The highest BCUT2D eigenvalue weighted by Gasteiger charge is 2.36. The molecule has 0 saturated carbocycles. The first-order valence-electron chi connectivity index (χ1n) is 12.9. The lowest BCUT2D eigenvalue weighted by Gasteiger charge is -2.29. The monoisotopic (exact) mass is 494 g/mol. The van der Waals surface area contributed by atoms with Crippen molar-refractivity contribution in [1.82, 2.24) is 0 Å². The number of hydrogen-bond donors (Lipinski definition) is 1. The van der Waals surface area contributed by atoms with Gasteiger partial charge in [0.15, 0.2) is 0 Å². The Morgan fingerprint density at radius 2 is 1.19 bits per heavy atom. The molecule has 3 aromatic rings. The number of phenols is 1. The lowest BCUT2D eigenvalue weighted by molar-refractivity contribution is -0.185. The molecule has 0 bridgehead atoms. The minimum atomic E-state index is -3.52. The Hall–Kier alpha value is -2.88. The predicted molar refractivity (Wildman–Crippen MR) is 145 cm³/mol. The highest BCUT2D eigenvalue weighted by Crippen LogP contribution is 2.43. The summed E-state index contributed by atoms with van der Waals surface area (Å²) in [5.41, 5.74) is 3.23. The average Bonchev–Trinajstić information content (AvgIpc) is 2.79. The maximum Gasteiger partial charge on any atom is 0.426 e. The molecule has 36 heavy (non-hydrogen) atoms. The number of ether oxygens (including phenoxy) is 1. The van der Waals surface area contributed by atoms with E-state index in [2.05, 4.69) is 19.1 Å². The number of aryl methyl sites for hydroxylation is 1. The normalized spacial score (nSPS) is 12.6. The Kier molecular flexibility index (Phi) is 8.17. The van der Waals surface area contributed by atoms with Crippen molar-refractivity contribution in [2.75, 3.05) is 0 Å². The van der Waals surface area contributed by atoms with Crippen LogP contribution in [-0.2, 0) is 23.4 Å². The summed E-state index contributed by atoms with van der Waals surface area (Å²) in [4.78, 5) is 0. The number of unbranched alkanes of at least 4 members (excludes halogenated alkanes) is 2. The van der Waals surface area contributed by atoms with Gasteiger partial charge in [-0.2, -0.15) is 8.78 Å². The molecule has 0 aliphatic heterocycles. The number of benzene rings is 3. The molecule has 0 unspecified atom stereocenters. The van der Waals surface area contributed by atoms with Crippen molar-refractivity contribution in [1.29, 1.82) is 0 Å². The number of alkyl halides is 2. The zero-order valence-corrected chi connectivity index (χ0v) is 22.7. The summed E-state index contributed by atoms with van der Waals surface area (Å²) in [7, 11) is 0. The zero-order valence-electron chi connectivity index (χ0n) is 22.7. The average molecular weight is 495 g/mol. The first-order valence-corrected chi connectivity index (χ1v) is 12.9. The number of phenolic OH excluding ortho intramolecular Hbond substituents is 1. The minimum absolute atomic E-state index is 0.0374. The van der Waals surface area contributed by atoms with Crippen LogP contribution in [-0.4, -0.2) is 5.11 Å². The molecule has 0 aliphatic rings. The van der Waals surface area contributed by atoms with Crippen molar-refractivity contribution in [3.63, 3.8) is 0 Å². The van der Waals surface area contributed by atoms with Crippen LogP contribution >= 0.6 is 0 Å². The van der Waals surface area contributed by atoms with E-state index in [0.717, 1.165) is 17.5 Å². The molecular formula is C32H40F2O2. The zero-order chi connectivity index (χ0) is 26.7. The quantitative estimate of drug-likeness (QED) is 0.316. The van der Waals surface area contributed by atoms with E-state index in [1.54, 1.807) is 12.1 Å². The molecule has 0 heterocycles. The Labute approximate surface area is 215 Å². The van der Waals surface area contributed by atoms with E-state index in [-0.39, 0.29) is 17.1 Å². The van der Waals surface area contributed by atoms with E-state index < -0.39 is 16.9 Å². The Bertz CT molecular complexity index is 1110. The van der Waals surface area contributed by atoms with Gasteiger partial charge < -0.3 is 9.84 Å². The van der Waals surface area contributed by atoms with E-state index in [9.17, 15) is 5.11 Å². The molecule has 3 aromatic carbocycles. The fraction of sp³-hybridized carbons (Fsp3) is 0.438. The molecule has 2 nitrogen and oxygen atoms in total. The molecular weight excluding hydrogens is 454 g/mol. The van der Waals surface area contributed by atoms with Gasteiger partial charge in [0.1, 0.15) is 11.5 Å². The second-order valence-corrected chi connectivity index (χ2v) is 11.7. The van der Waals surface area contributed by atoms with Gasteiger partial charge in [0, 0.05) is 11.1 Å². The summed E-state index contributed by atoms with van der Waals surface area (Å²) in [6.07, 6.45) is 1.12. The third-order valence-electron chi connectivity index (χ3n) is 6.52. The fourth-order valence-corrected chi connectivity index (χ4v) is 4.32. The van der Waals surface area contributed by atoms with Gasteiger partial charge in [0.25, 0.3) is 0 Å². The Morgan fingerprint density at radius 1 is 0.722 bits per heavy atom. The second-order valence-electron chi connectivity index (χ2n) is 11.7. The van der Waals surface area contributed by atoms with Crippen molar-refractivity contribution in [2.45, 2.75) is 91.1 Å². The summed E-state index contributed by atoms with van der Waals surface area (Å²) < 4.78 is 35.8. The standard InChI is InChI=1S/C32H40F2O2/c1-8-9-10-11-22-12-14-23(15-13-22)24-16-18-25(19-17-24)32(33,34)36-26-20-27(30(2,3)4)29(35)28(21-26)31(5,6)7/h12-21,35H,8-11H2,1-7H3. The number of hydrogen-bond acceptors (Lipinski definition) is 2. The first kappa shape index (κ1) is 27.7. The number of rotatable bonds is 8. The van der Waals surface area contributed by atoms with E-state index in [0.29, 0.717) is 11.1 Å². The van der Waals surface area contributed by atoms with Crippen LogP contribution in [0.25, 0.3) is 11.1 Å². The summed E-state index contributed by atoms with van der Waals surface area (Å²) in [6, 6.07) is 17.6. The minimum Gasteiger partial charge on any atom is -0.507 e. The largest absolute Gasteiger partial charge is 0.507 e. The summed E-state index contributed by atoms with van der Waals surface area (Å²) >= 11 is 0. The number of aromatic hydroxyl groups is 1. The third-order valence-corrected chi connectivity index (χ3v) is 6.52. The second kappa shape index (κ2) is 10.6. The molecule has 194 valence electrons. The van der Waals surface area contributed by atoms with Crippen molar-refractivity contribution >= 4 is 0 Å². The SMILES string of the molecule is CCCCCc1ccc(-c2ccc(C(F)(F)Oc3cc(C(C)(C)C)c(O)c(C(C)(C)C)c3)cc2)cc1. The van der Waals surface area contributed by atoms with Gasteiger partial charge in [-0.25, -0.2) is 0 Å². The maximum absolute atomic E-state index is 15.2. The van der Waals surface area contributed by atoms with Gasteiger partial charge in [0.2, 0.25) is 0 Å². The number of halogens is 2. The van der Waals surface area contributed by atoms with Crippen molar-refractivity contribution in [2.24, 2.45) is 0 Å². The van der Waals surface area contributed by atoms with Crippen molar-refractivity contribution in [3.05, 3.63) is 82.9 Å². The Morgan fingerprint density at radius 3 is 1.64 bits per heavy atom. The molecule has 4 heteroatoms. The molecule has 1 N–H and O–H groups in total. The van der Waals surface area contributed by atoms with E-state index in [4.69, 9.17) is 4.74 Å². The van der Waals surface area contributed by atoms with Crippen LogP contribution in [0.4, 0.5) is 8.78 Å². The van der Waals surface area contributed by atoms with Crippen LogP contribution in [0, 0.1) is 0 Å².